The molecule has 2 N–H and O–H groups in total. The number of nitrogens with zero attached hydrogens (tertiary/aromatic N) is 2. The molecule has 0 aliphatic rings. The summed E-state index contributed by atoms with van der Waals surface area (Å²) in [7, 11) is 5.46. The smallest absolute Gasteiger partial charge is 0.239 e. The van der Waals surface area contributed by atoms with Gasteiger partial charge in [-0.3, -0.25) is 9.69 Å². The molecule has 5 heteroatoms. The minimum atomic E-state index is -0.163. The Kier molecular flexibility index (Phi) is 5.44. The molecule has 1 amide bonds. The van der Waals surface area contributed by atoms with E-state index in [4.69, 9.17) is 18.0 Å². The molecule has 0 saturated carbocycles. The number of benzene rings is 1. The Morgan fingerprint density at radius 2 is 2.00 bits per heavy atom. The van der Waals surface area contributed by atoms with Crippen LogP contribution >= 0.6 is 12.2 Å². The molecule has 0 aliphatic heterocycles. The number of carbonyl (C=O) groups is 1. The number of hydrogen-bond donors (Lipinski definition) is 1. The second-order valence-corrected chi connectivity index (χ2v) is 5.33. The topological polar surface area (TPSA) is 49.6 Å². The van der Waals surface area contributed by atoms with Crippen LogP contribution in [0.5, 0.6) is 0 Å². The van der Waals surface area contributed by atoms with Crippen molar-refractivity contribution in [2.45, 2.75) is 19.5 Å². The summed E-state index contributed by atoms with van der Waals surface area (Å²) in [6.07, 6.45) is 0. The molecule has 1 atom stereocenters. The molecule has 0 saturated heterocycles. The highest BCUT2D eigenvalue weighted by atomic mass is 32.1. The van der Waals surface area contributed by atoms with Crippen molar-refractivity contribution < 1.29 is 4.79 Å². The van der Waals surface area contributed by atoms with Crippen LogP contribution in [0.25, 0.3) is 0 Å². The number of likely N-dealkylation sites (N-methyl/N-ethyl adjacent to an activating group) is 2. The van der Waals surface area contributed by atoms with Crippen LogP contribution in [0.1, 0.15) is 18.1 Å². The number of amides is 1. The number of carbonyl (C=O) groups excluding carboxylic acids is 1. The quantitative estimate of drug-likeness (QED) is 0.824. The number of nitrogens with two attached hydrogens (primary N) is 1. The first kappa shape index (κ1) is 15.6. The van der Waals surface area contributed by atoms with E-state index in [1.165, 1.54) is 0 Å². The molecule has 0 fully saturated rings. The van der Waals surface area contributed by atoms with E-state index in [0.717, 1.165) is 11.1 Å². The van der Waals surface area contributed by atoms with Crippen molar-refractivity contribution in [1.29, 1.82) is 0 Å². The van der Waals surface area contributed by atoms with Gasteiger partial charge in [-0.2, -0.15) is 0 Å². The van der Waals surface area contributed by atoms with Crippen LogP contribution in [0.2, 0.25) is 0 Å². The summed E-state index contributed by atoms with van der Waals surface area (Å²) in [6, 6.07) is 7.62. The lowest BCUT2D eigenvalue weighted by molar-refractivity contribution is -0.133. The molecule has 0 aromatic heterocycles. The van der Waals surface area contributed by atoms with E-state index >= 15 is 0 Å². The number of hydrogen-bond acceptors (Lipinski definition) is 3. The predicted molar refractivity (Wildman–Crippen MR) is 82.0 cm³/mol. The van der Waals surface area contributed by atoms with Gasteiger partial charge in [-0.05, 0) is 25.6 Å². The zero-order chi connectivity index (χ0) is 14.6. The summed E-state index contributed by atoms with van der Waals surface area (Å²) >= 11 is 4.97. The van der Waals surface area contributed by atoms with E-state index in [2.05, 4.69) is 0 Å². The van der Waals surface area contributed by atoms with Gasteiger partial charge in [-0.1, -0.05) is 30.4 Å². The second-order valence-electron chi connectivity index (χ2n) is 4.89. The fourth-order valence-corrected chi connectivity index (χ4v) is 1.94. The predicted octanol–water partition coefficient (Wildman–Crippen LogP) is 1.23. The van der Waals surface area contributed by atoms with Crippen LogP contribution in [0.15, 0.2) is 24.3 Å². The van der Waals surface area contributed by atoms with Gasteiger partial charge in [-0.25, -0.2) is 0 Å². The van der Waals surface area contributed by atoms with Gasteiger partial charge in [0, 0.05) is 26.2 Å². The monoisotopic (exact) mass is 279 g/mol. The van der Waals surface area contributed by atoms with E-state index in [1.807, 2.05) is 43.1 Å². The molecule has 1 unspecified atom stereocenters. The maximum atomic E-state index is 11.9. The first-order valence-electron chi connectivity index (χ1n) is 6.13. The summed E-state index contributed by atoms with van der Waals surface area (Å²) < 4.78 is 0. The van der Waals surface area contributed by atoms with E-state index in [9.17, 15) is 4.79 Å². The van der Waals surface area contributed by atoms with Crippen LogP contribution in [0.3, 0.4) is 0 Å². The summed E-state index contributed by atoms with van der Waals surface area (Å²) in [5.41, 5.74) is 7.56. The second kappa shape index (κ2) is 6.63. The Balaban J connectivity index is 2.76. The fourth-order valence-electron chi connectivity index (χ4n) is 1.81. The van der Waals surface area contributed by atoms with Crippen molar-refractivity contribution in [2.24, 2.45) is 5.73 Å². The zero-order valence-corrected chi connectivity index (χ0v) is 12.7. The van der Waals surface area contributed by atoms with Crippen molar-refractivity contribution >= 4 is 23.1 Å². The standard InChI is InChI=1S/C14H21N3OS/c1-10(14(18)16(2)3)17(4)9-11-6-5-7-12(8-11)13(15)19/h5-8,10H,9H2,1-4H3,(H2,15,19). The Bertz CT molecular complexity index is 474. The molecule has 0 heterocycles. The number of thiocarbonyl (C=S) groups is 1. The summed E-state index contributed by atoms with van der Waals surface area (Å²) in [5.74, 6) is 0.0907. The third-order valence-corrected chi connectivity index (χ3v) is 3.34. The summed E-state index contributed by atoms with van der Waals surface area (Å²) in [4.78, 5) is 15.9. The van der Waals surface area contributed by atoms with E-state index in [-0.39, 0.29) is 11.9 Å². The Morgan fingerprint density at radius 1 is 1.37 bits per heavy atom. The lowest BCUT2D eigenvalue weighted by atomic mass is 10.1. The lowest BCUT2D eigenvalue weighted by Gasteiger charge is -2.26. The molecule has 19 heavy (non-hydrogen) atoms. The van der Waals surface area contributed by atoms with Crippen molar-refractivity contribution in [1.82, 2.24) is 9.80 Å². The maximum Gasteiger partial charge on any atom is 0.239 e. The fraction of sp³-hybridized carbons (Fsp3) is 0.429. The Hall–Kier alpha value is -1.46. The van der Waals surface area contributed by atoms with Crippen molar-refractivity contribution in [2.75, 3.05) is 21.1 Å². The molecule has 1 aromatic rings. The van der Waals surface area contributed by atoms with Crippen molar-refractivity contribution in [3.05, 3.63) is 35.4 Å². The third-order valence-electron chi connectivity index (χ3n) is 3.10. The average Bonchev–Trinajstić information content (AvgIpc) is 2.37. The minimum absolute atomic E-state index is 0.0907. The van der Waals surface area contributed by atoms with Gasteiger partial charge < -0.3 is 10.6 Å². The van der Waals surface area contributed by atoms with Crippen LogP contribution < -0.4 is 5.73 Å². The highest BCUT2D eigenvalue weighted by Crippen LogP contribution is 2.10. The van der Waals surface area contributed by atoms with Gasteiger partial charge in [0.25, 0.3) is 0 Å². The van der Waals surface area contributed by atoms with Crippen LogP contribution in [-0.4, -0.2) is 47.9 Å². The largest absolute Gasteiger partial charge is 0.389 e. The first-order chi connectivity index (χ1) is 8.82. The molecule has 0 bridgehead atoms. The highest BCUT2D eigenvalue weighted by molar-refractivity contribution is 7.80. The van der Waals surface area contributed by atoms with Gasteiger partial charge in [0.2, 0.25) is 5.91 Å². The van der Waals surface area contributed by atoms with Gasteiger partial charge in [-0.15, -0.1) is 0 Å². The van der Waals surface area contributed by atoms with Gasteiger partial charge in [0.1, 0.15) is 4.99 Å². The van der Waals surface area contributed by atoms with Crippen molar-refractivity contribution in [3.63, 3.8) is 0 Å². The normalized spacial score (nSPS) is 12.3. The number of rotatable bonds is 5. The average molecular weight is 279 g/mol. The molecule has 1 rings (SSSR count). The van der Waals surface area contributed by atoms with E-state index in [1.54, 1.807) is 19.0 Å². The summed E-state index contributed by atoms with van der Waals surface area (Å²) in [6.45, 7) is 2.58. The van der Waals surface area contributed by atoms with Crippen molar-refractivity contribution in [3.8, 4) is 0 Å². The summed E-state index contributed by atoms with van der Waals surface area (Å²) in [5, 5.41) is 0. The zero-order valence-electron chi connectivity index (χ0n) is 11.9. The molecular weight excluding hydrogens is 258 g/mol. The minimum Gasteiger partial charge on any atom is -0.389 e. The first-order valence-corrected chi connectivity index (χ1v) is 6.54. The van der Waals surface area contributed by atoms with Gasteiger partial charge >= 0.3 is 0 Å². The Morgan fingerprint density at radius 3 is 2.53 bits per heavy atom. The van der Waals surface area contributed by atoms with Crippen LogP contribution in [0, 0.1) is 0 Å². The van der Waals surface area contributed by atoms with E-state index < -0.39 is 0 Å². The highest BCUT2D eigenvalue weighted by Gasteiger charge is 2.19. The molecule has 104 valence electrons. The lowest BCUT2D eigenvalue weighted by Crippen LogP contribution is -2.42. The van der Waals surface area contributed by atoms with Crippen LogP contribution in [0.4, 0.5) is 0 Å². The molecule has 4 nitrogen and oxygen atoms in total. The van der Waals surface area contributed by atoms with Crippen LogP contribution in [-0.2, 0) is 11.3 Å². The van der Waals surface area contributed by atoms with E-state index in [0.29, 0.717) is 11.5 Å². The molecule has 0 spiro atoms. The van der Waals surface area contributed by atoms with Gasteiger partial charge in [0.05, 0.1) is 6.04 Å². The molecule has 1 aromatic carbocycles. The Labute approximate surface area is 120 Å². The molecular formula is C14H21N3OS. The van der Waals surface area contributed by atoms with Gasteiger partial charge in [0.15, 0.2) is 0 Å². The SMILES string of the molecule is CC(C(=O)N(C)C)N(C)Cc1cccc(C(N)=S)c1. The maximum absolute atomic E-state index is 11.9. The third kappa shape index (κ3) is 4.29. The molecule has 0 aliphatic carbocycles. The molecule has 0 radical (unpaired) electrons.